The quantitative estimate of drug-likeness (QED) is 0.490. The van der Waals surface area contributed by atoms with Crippen LogP contribution in [0.15, 0.2) is 23.3 Å². The Balaban J connectivity index is 4.81. The van der Waals surface area contributed by atoms with Crippen LogP contribution in [-0.4, -0.2) is 22.2 Å². The zero-order valence-corrected chi connectivity index (χ0v) is 6.87. The first-order chi connectivity index (χ1) is 5.43. The summed E-state index contributed by atoms with van der Waals surface area (Å²) in [6, 6.07) is 0. The van der Waals surface area contributed by atoms with Crippen LogP contribution >= 0.6 is 0 Å². The summed E-state index contributed by atoms with van der Waals surface area (Å²) in [5.74, 6) is -2.50. The maximum atomic E-state index is 10.4. The third kappa shape index (κ3) is 4.27. The number of carboxylic acid groups (broad SMARTS) is 2. The van der Waals surface area contributed by atoms with Crippen molar-refractivity contribution in [2.24, 2.45) is 0 Å². The minimum Gasteiger partial charge on any atom is -0.478 e. The van der Waals surface area contributed by atoms with Gasteiger partial charge in [-0.15, -0.1) is 0 Å². The molecule has 0 saturated heterocycles. The van der Waals surface area contributed by atoms with Gasteiger partial charge in [0.2, 0.25) is 0 Å². The van der Waals surface area contributed by atoms with E-state index in [1.807, 2.05) is 0 Å². The lowest BCUT2D eigenvalue weighted by molar-refractivity contribution is -0.134. The second-order valence-electron chi connectivity index (χ2n) is 2.46. The lowest BCUT2D eigenvalue weighted by Gasteiger charge is -1.93. The van der Waals surface area contributed by atoms with E-state index in [4.69, 9.17) is 10.2 Å². The molecule has 66 valence electrons. The van der Waals surface area contributed by atoms with Gasteiger partial charge in [-0.25, -0.2) is 9.59 Å². The lowest BCUT2D eigenvalue weighted by Crippen LogP contribution is -2.01. The van der Waals surface area contributed by atoms with Gasteiger partial charge in [-0.1, -0.05) is 5.57 Å². The zero-order chi connectivity index (χ0) is 9.72. The van der Waals surface area contributed by atoms with E-state index in [9.17, 15) is 9.59 Å². The van der Waals surface area contributed by atoms with Gasteiger partial charge in [0.25, 0.3) is 0 Å². The normalized spacial score (nSPS) is 10.7. The molecular weight excluding hydrogens is 160 g/mol. The van der Waals surface area contributed by atoms with Gasteiger partial charge in [-0.05, 0) is 19.9 Å². The highest BCUT2D eigenvalue weighted by Gasteiger charge is 2.05. The molecule has 0 spiro atoms. The third-order valence-corrected chi connectivity index (χ3v) is 0.970. The summed E-state index contributed by atoms with van der Waals surface area (Å²) >= 11 is 0. The Hall–Kier alpha value is -1.58. The van der Waals surface area contributed by atoms with Crippen molar-refractivity contribution >= 4 is 11.9 Å². The van der Waals surface area contributed by atoms with Crippen molar-refractivity contribution in [3.05, 3.63) is 23.3 Å². The molecule has 0 atom stereocenters. The van der Waals surface area contributed by atoms with Gasteiger partial charge in [-0.3, -0.25) is 0 Å². The molecule has 4 nitrogen and oxygen atoms in total. The molecule has 0 rings (SSSR count). The predicted octanol–water partition coefficient (Wildman–Crippen LogP) is 1.05. The molecule has 0 aliphatic rings. The molecule has 0 unspecified atom stereocenters. The molecule has 0 radical (unpaired) electrons. The van der Waals surface area contributed by atoms with Crippen LogP contribution in [0, 0.1) is 0 Å². The first kappa shape index (κ1) is 10.4. The SMILES string of the molecule is CC(C)=CC(=CC(=O)O)C(=O)O. The van der Waals surface area contributed by atoms with Crippen molar-refractivity contribution < 1.29 is 19.8 Å². The van der Waals surface area contributed by atoms with E-state index in [0.717, 1.165) is 5.57 Å². The molecule has 4 heteroatoms. The maximum absolute atomic E-state index is 10.4. The van der Waals surface area contributed by atoms with Gasteiger partial charge in [0, 0.05) is 6.08 Å². The van der Waals surface area contributed by atoms with Crippen LogP contribution < -0.4 is 0 Å². The van der Waals surface area contributed by atoms with Crippen molar-refractivity contribution in [3.8, 4) is 0 Å². The summed E-state index contributed by atoms with van der Waals surface area (Å²) in [6.07, 6.45) is 1.96. The Labute approximate surface area is 69.8 Å². The van der Waals surface area contributed by atoms with Crippen molar-refractivity contribution in [2.75, 3.05) is 0 Å². The van der Waals surface area contributed by atoms with Crippen LogP contribution in [0.1, 0.15) is 13.8 Å². The van der Waals surface area contributed by atoms with E-state index in [1.165, 1.54) is 6.08 Å². The molecule has 0 heterocycles. The van der Waals surface area contributed by atoms with Crippen molar-refractivity contribution in [2.45, 2.75) is 13.8 Å². The summed E-state index contributed by atoms with van der Waals surface area (Å²) in [5, 5.41) is 16.8. The largest absolute Gasteiger partial charge is 0.478 e. The molecule has 0 bridgehead atoms. The number of hydrogen-bond acceptors (Lipinski definition) is 2. The van der Waals surface area contributed by atoms with E-state index < -0.39 is 11.9 Å². The molecule has 0 aromatic carbocycles. The molecule has 12 heavy (non-hydrogen) atoms. The van der Waals surface area contributed by atoms with Crippen LogP contribution in [0.5, 0.6) is 0 Å². The average Bonchev–Trinajstić information content (AvgIpc) is 1.83. The number of hydrogen-bond donors (Lipinski definition) is 2. The molecule has 0 aliphatic carbocycles. The van der Waals surface area contributed by atoms with Gasteiger partial charge in [0.1, 0.15) is 0 Å². The van der Waals surface area contributed by atoms with Crippen LogP contribution in [0.3, 0.4) is 0 Å². The Bertz CT molecular complexity index is 256. The maximum Gasteiger partial charge on any atom is 0.335 e. The molecule has 2 N–H and O–H groups in total. The van der Waals surface area contributed by atoms with Crippen molar-refractivity contribution in [1.29, 1.82) is 0 Å². The summed E-state index contributed by atoms with van der Waals surface area (Å²) in [5.41, 5.74) is 0.521. The molecule has 0 saturated carbocycles. The van der Waals surface area contributed by atoms with Gasteiger partial charge in [-0.2, -0.15) is 0 Å². The van der Waals surface area contributed by atoms with Crippen LogP contribution in [0.4, 0.5) is 0 Å². The first-order valence-electron chi connectivity index (χ1n) is 3.26. The first-order valence-corrected chi connectivity index (χ1v) is 3.26. The van der Waals surface area contributed by atoms with E-state index in [1.54, 1.807) is 13.8 Å². The van der Waals surface area contributed by atoms with E-state index in [2.05, 4.69) is 0 Å². The summed E-state index contributed by atoms with van der Waals surface area (Å²) in [4.78, 5) is 20.5. The predicted molar refractivity (Wildman–Crippen MR) is 42.8 cm³/mol. The molecule has 0 amide bonds. The number of allylic oxidation sites excluding steroid dienone is 1. The highest BCUT2D eigenvalue weighted by atomic mass is 16.4. The van der Waals surface area contributed by atoms with E-state index >= 15 is 0 Å². The van der Waals surface area contributed by atoms with Crippen LogP contribution in [0.25, 0.3) is 0 Å². The third-order valence-electron chi connectivity index (χ3n) is 0.970. The van der Waals surface area contributed by atoms with Crippen LogP contribution in [-0.2, 0) is 9.59 Å². The molecule has 0 fully saturated rings. The van der Waals surface area contributed by atoms with Gasteiger partial charge >= 0.3 is 11.9 Å². The fourth-order valence-electron chi connectivity index (χ4n) is 0.609. The molecule has 0 aromatic heterocycles. The zero-order valence-electron chi connectivity index (χ0n) is 6.87. The molecular formula is C8H10O4. The Morgan fingerprint density at radius 1 is 1.08 bits per heavy atom. The Morgan fingerprint density at radius 3 is 1.83 bits per heavy atom. The second kappa shape index (κ2) is 4.33. The highest BCUT2D eigenvalue weighted by Crippen LogP contribution is 2.01. The number of carbonyl (C=O) groups is 2. The summed E-state index contributed by atoms with van der Waals surface area (Å²) in [6.45, 7) is 3.39. The monoisotopic (exact) mass is 170 g/mol. The van der Waals surface area contributed by atoms with E-state index in [-0.39, 0.29) is 5.57 Å². The minimum absolute atomic E-state index is 0.220. The fraction of sp³-hybridized carbons (Fsp3) is 0.250. The van der Waals surface area contributed by atoms with Crippen LogP contribution in [0.2, 0.25) is 0 Å². The minimum atomic E-state index is -1.26. The summed E-state index contributed by atoms with van der Waals surface area (Å²) in [7, 11) is 0. The highest BCUT2D eigenvalue weighted by molar-refractivity contribution is 5.97. The topological polar surface area (TPSA) is 74.6 Å². The van der Waals surface area contributed by atoms with Crippen molar-refractivity contribution in [1.82, 2.24) is 0 Å². The number of rotatable bonds is 3. The van der Waals surface area contributed by atoms with Gasteiger partial charge in [0.05, 0.1) is 5.57 Å². The smallest absolute Gasteiger partial charge is 0.335 e. The lowest BCUT2D eigenvalue weighted by atomic mass is 10.2. The molecule has 0 aliphatic heterocycles. The second-order valence-corrected chi connectivity index (χ2v) is 2.46. The van der Waals surface area contributed by atoms with E-state index in [0.29, 0.717) is 6.08 Å². The van der Waals surface area contributed by atoms with Crippen molar-refractivity contribution in [3.63, 3.8) is 0 Å². The van der Waals surface area contributed by atoms with Gasteiger partial charge in [0.15, 0.2) is 0 Å². The number of aliphatic carboxylic acids is 2. The Morgan fingerprint density at radius 2 is 1.58 bits per heavy atom. The fourth-order valence-corrected chi connectivity index (χ4v) is 0.609. The molecule has 0 aromatic rings. The van der Waals surface area contributed by atoms with Gasteiger partial charge < -0.3 is 10.2 Å². The summed E-state index contributed by atoms with van der Waals surface area (Å²) < 4.78 is 0. The Kier molecular flexibility index (Phi) is 3.76. The average molecular weight is 170 g/mol. The standard InChI is InChI=1S/C8H10O4/c1-5(2)3-6(8(11)12)4-7(9)10/h3-4H,1-2H3,(H,9,10)(H,11,12). The number of carboxylic acids is 2.